The van der Waals surface area contributed by atoms with Crippen molar-refractivity contribution in [2.75, 3.05) is 6.54 Å². The summed E-state index contributed by atoms with van der Waals surface area (Å²) in [6.07, 6.45) is 7.60. The van der Waals surface area contributed by atoms with Gasteiger partial charge in [0.1, 0.15) is 5.82 Å². The van der Waals surface area contributed by atoms with Crippen LogP contribution in [0.1, 0.15) is 29.8 Å². The molecule has 120 valence electrons. The lowest BCUT2D eigenvalue weighted by molar-refractivity contribution is -0.132. The monoisotopic (exact) mass is 309 g/mol. The van der Waals surface area contributed by atoms with Crippen LogP contribution in [0, 0.1) is 12.8 Å². The first-order valence-electron chi connectivity index (χ1n) is 8.12. The molecule has 3 rings (SSSR count). The highest BCUT2D eigenvalue weighted by atomic mass is 16.2. The van der Waals surface area contributed by atoms with Crippen LogP contribution in [0.25, 0.3) is 0 Å². The summed E-state index contributed by atoms with van der Waals surface area (Å²) in [6.45, 7) is 7.76. The Balaban J connectivity index is 1.74. The zero-order valence-electron chi connectivity index (χ0n) is 13.6. The van der Waals surface area contributed by atoms with Crippen molar-refractivity contribution in [3.63, 3.8) is 0 Å². The van der Waals surface area contributed by atoms with Gasteiger partial charge in [-0.2, -0.15) is 0 Å². The average molecular weight is 309 g/mol. The summed E-state index contributed by atoms with van der Waals surface area (Å²) in [7, 11) is 0. The van der Waals surface area contributed by atoms with E-state index in [4.69, 9.17) is 0 Å². The van der Waals surface area contributed by atoms with E-state index in [1.165, 1.54) is 11.1 Å². The molecule has 2 aromatic rings. The first kappa shape index (κ1) is 15.5. The molecule has 1 heterocycles. The van der Waals surface area contributed by atoms with Gasteiger partial charge in [0.15, 0.2) is 0 Å². The lowest BCUT2D eigenvalue weighted by Crippen LogP contribution is -2.33. The van der Waals surface area contributed by atoms with E-state index in [1.807, 2.05) is 11.1 Å². The maximum atomic E-state index is 12.4. The number of imidazole rings is 1. The number of carbonyl (C=O) groups excluding carboxylic acids is 1. The molecule has 0 aliphatic heterocycles. The maximum absolute atomic E-state index is 12.4. The second kappa shape index (κ2) is 6.82. The number of aryl methyl sites for hydroxylation is 1. The van der Waals surface area contributed by atoms with E-state index < -0.39 is 0 Å². The molecule has 0 bridgehead atoms. The summed E-state index contributed by atoms with van der Waals surface area (Å²) in [5.41, 5.74) is 2.49. The molecule has 0 saturated heterocycles. The van der Waals surface area contributed by atoms with E-state index in [-0.39, 0.29) is 11.8 Å². The maximum Gasteiger partial charge on any atom is 0.226 e. The van der Waals surface area contributed by atoms with Crippen molar-refractivity contribution in [1.29, 1.82) is 0 Å². The van der Waals surface area contributed by atoms with Crippen molar-refractivity contribution in [3.05, 3.63) is 66.3 Å². The van der Waals surface area contributed by atoms with Gasteiger partial charge < -0.3 is 9.47 Å². The first-order valence-corrected chi connectivity index (χ1v) is 8.12. The molecule has 0 spiro atoms. The molecule has 0 radical (unpaired) electrons. The van der Waals surface area contributed by atoms with Gasteiger partial charge in [-0.3, -0.25) is 4.79 Å². The van der Waals surface area contributed by atoms with Crippen molar-refractivity contribution in [2.24, 2.45) is 5.92 Å². The van der Waals surface area contributed by atoms with Gasteiger partial charge in [-0.15, -0.1) is 6.58 Å². The fourth-order valence-electron chi connectivity index (χ4n) is 2.79. The molecule has 23 heavy (non-hydrogen) atoms. The van der Waals surface area contributed by atoms with E-state index >= 15 is 0 Å². The van der Waals surface area contributed by atoms with E-state index in [0.717, 1.165) is 25.2 Å². The summed E-state index contributed by atoms with van der Waals surface area (Å²) in [4.78, 5) is 18.7. The van der Waals surface area contributed by atoms with Crippen LogP contribution < -0.4 is 0 Å². The molecular formula is C19H23N3O. The third kappa shape index (κ3) is 3.89. The summed E-state index contributed by atoms with van der Waals surface area (Å²) in [5.74, 6) is 1.37. The lowest BCUT2D eigenvalue weighted by atomic mass is 10.1. The Hall–Kier alpha value is -2.36. The topological polar surface area (TPSA) is 38.1 Å². The number of carbonyl (C=O) groups is 1. The highest BCUT2D eigenvalue weighted by molar-refractivity contribution is 5.81. The highest BCUT2D eigenvalue weighted by Crippen LogP contribution is 2.31. The molecule has 1 saturated carbocycles. The van der Waals surface area contributed by atoms with E-state index in [2.05, 4.69) is 47.3 Å². The number of aromatic nitrogens is 2. The fraction of sp³-hybridized carbons (Fsp3) is 0.368. The number of nitrogens with zero attached hydrogens (tertiary/aromatic N) is 3. The molecule has 0 atom stereocenters. The quantitative estimate of drug-likeness (QED) is 0.737. The minimum absolute atomic E-state index is 0.218. The SMILES string of the molecule is C=CCN(Cc1nccn1Cc1cccc(C)c1)C(=O)C1CC1. The van der Waals surface area contributed by atoms with Crippen LogP contribution >= 0.6 is 0 Å². The first-order chi connectivity index (χ1) is 11.2. The molecule has 1 amide bonds. The lowest BCUT2D eigenvalue weighted by Gasteiger charge is -2.21. The molecule has 4 nitrogen and oxygen atoms in total. The van der Waals surface area contributed by atoms with Crippen LogP contribution in [-0.4, -0.2) is 26.9 Å². The molecular weight excluding hydrogens is 286 g/mol. The zero-order chi connectivity index (χ0) is 16.2. The number of hydrogen-bond donors (Lipinski definition) is 0. The Bertz CT molecular complexity index is 700. The highest BCUT2D eigenvalue weighted by Gasteiger charge is 2.33. The van der Waals surface area contributed by atoms with Gasteiger partial charge in [0.25, 0.3) is 0 Å². The van der Waals surface area contributed by atoms with Gasteiger partial charge in [0.2, 0.25) is 5.91 Å². The van der Waals surface area contributed by atoms with Crippen LogP contribution in [0.15, 0.2) is 49.3 Å². The Kier molecular flexibility index (Phi) is 4.60. The smallest absolute Gasteiger partial charge is 0.226 e. The molecule has 1 aromatic carbocycles. The fourth-order valence-corrected chi connectivity index (χ4v) is 2.79. The van der Waals surface area contributed by atoms with Gasteiger partial charge in [0, 0.05) is 31.4 Å². The number of rotatable bonds is 7. The molecule has 1 fully saturated rings. The molecule has 1 aliphatic carbocycles. The number of benzene rings is 1. The van der Waals surface area contributed by atoms with E-state index in [0.29, 0.717) is 13.1 Å². The van der Waals surface area contributed by atoms with Crippen LogP contribution in [0.4, 0.5) is 0 Å². The van der Waals surface area contributed by atoms with Crippen molar-refractivity contribution < 1.29 is 4.79 Å². The largest absolute Gasteiger partial charge is 0.331 e. The summed E-state index contributed by atoms with van der Waals surface area (Å²) >= 11 is 0. The second-order valence-electron chi connectivity index (χ2n) is 6.24. The van der Waals surface area contributed by atoms with Crippen molar-refractivity contribution in [1.82, 2.24) is 14.5 Å². The van der Waals surface area contributed by atoms with E-state index in [9.17, 15) is 4.79 Å². The minimum Gasteiger partial charge on any atom is -0.331 e. The van der Waals surface area contributed by atoms with Crippen LogP contribution in [-0.2, 0) is 17.9 Å². The van der Waals surface area contributed by atoms with Crippen molar-refractivity contribution in [3.8, 4) is 0 Å². The zero-order valence-corrected chi connectivity index (χ0v) is 13.6. The minimum atomic E-state index is 0.218. The Morgan fingerprint density at radius 2 is 2.30 bits per heavy atom. The van der Waals surface area contributed by atoms with Gasteiger partial charge in [-0.25, -0.2) is 4.98 Å². The third-order valence-electron chi connectivity index (χ3n) is 4.16. The standard InChI is InChI=1S/C19H23N3O/c1-3-10-22(19(23)17-7-8-17)14-18-20-9-11-21(18)13-16-6-4-5-15(2)12-16/h3-6,9,11-12,17H,1,7-8,10,13-14H2,2H3. The van der Waals surface area contributed by atoms with Crippen LogP contribution in [0.2, 0.25) is 0 Å². The Morgan fingerprint density at radius 1 is 1.48 bits per heavy atom. The van der Waals surface area contributed by atoms with Gasteiger partial charge in [-0.05, 0) is 25.3 Å². The van der Waals surface area contributed by atoms with E-state index in [1.54, 1.807) is 12.3 Å². The summed E-state index contributed by atoms with van der Waals surface area (Å²) in [6, 6.07) is 8.47. The average Bonchev–Trinajstić information content (AvgIpc) is 3.29. The van der Waals surface area contributed by atoms with Gasteiger partial charge in [0.05, 0.1) is 6.54 Å². The van der Waals surface area contributed by atoms with Crippen molar-refractivity contribution in [2.45, 2.75) is 32.9 Å². The summed E-state index contributed by atoms with van der Waals surface area (Å²) in [5, 5.41) is 0. The van der Waals surface area contributed by atoms with Crippen LogP contribution in [0.5, 0.6) is 0 Å². The van der Waals surface area contributed by atoms with Crippen molar-refractivity contribution >= 4 is 5.91 Å². The summed E-state index contributed by atoms with van der Waals surface area (Å²) < 4.78 is 2.12. The molecule has 0 unspecified atom stereocenters. The number of amides is 1. The second-order valence-corrected chi connectivity index (χ2v) is 6.24. The van der Waals surface area contributed by atoms with Crippen LogP contribution in [0.3, 0.4) is 0 Å². The molecule has 4 heteroatoms. The van der Waals surface area contributed by atoms with Gasteiger partial charge >= 0.3 is 0 Å². The Morgan fingerprint density at radius 3 is 3.00 bits per heavy atom. The molecule has 0 N–H and O–H groups in total. The predicted octanol–water partition coefficient (Wildman–Crippen LogP) is 3.16. The Labute approximate surface area is 137 Å². The predicted molar refractivity (Wildman–Crippen MR) is 90.8 cm³/mol. The third-order valence-corrected chi connectivity index (χ3v) is 4.16. The number of hydrogen-bond acceptors (Lipinski definition) is 2. The molecule has 1 aliphatic rings. The van der Waals surface area contributed by atoms with Gasteiger partial charge in [-0.1, -0.05) is 35.9 Å². The molecule has 1 aromatic heterocycles. The normalized spacial score (nSPS) is 13.8.